The largest absolute Gasteiger partial charge is 0.379 e. The molecule has 1 saturated heterocycles. The Morgan fingerprint density at radius 2 is 1.89 bits per heavy atom. The third-order valence-electron chi connectivity index (χ3n) is 4.25. The van der Waals surface area contributed by atoms with Crippen LogP contribution in [0.1, 0.15) is 25.3 Å². The van der Waals surface area contributed by atoms with Crippen LogP contribution in [0, 0.1) is 0 Å². The number of nitrogens with one attached hydrogen (secondary N) is 2. The molecule has 1 aromatic carbocycles. The number of aliphatic imine (C=N–C) groups is 1. The van der Waals surface area contributed by atoms with Crippen molar-refractivity contribution in [2.75, 3.05) is 51.7 Å². The van der Waals surface area contributed by atoms with Gasteiger partial charge in [-0.1, -0.05) is 37.3 Å². The van der Waals surface area contributed by atoms with Gasteiger partial charge in [0.25, 0.3) is 0 Å². The second-order valence-electron chi connectivity index (χ2n) is 6.29. The summed E-state index contributed by atoms with van der Waals surface area (Å²) >= 11 is 0. The van der Waals surface area contributed by atoms with Gasteiger partial charge in [0.05, 0.1) is 19.0 Å². The van der Waals surface area contributed by atoms with Crippen molar-refractivity contribution in [3.05, 3.63) is 35.9 Å². The fraction of sp³-hybridized carbons (Fsp3) is 0.611. The standard InChI is InChI=1S/C18H30N4O3S.HI/c1-3-19-18(21-15-16(2)17-7-5-4-6-8-17)20-9-14-26(23,24)22-10-12-25-13-11-22;/h4-8,16H,3,9-15H2,1-2H3,(H2,19,20,21);1H. The van der Waals surface area contributed by atoms with Crippen molar-refractivity contribution in [2.24, 2.45) is 4.99 Å². The molecule has 0 radical (unpaired) electrons. The molecule has 2 N–H and O–H groups in total. The lowest BCUT2D eigenvalue weighted by Crippen LogP contribution is -2.45. The fourth-order valence-corrected chi connectivity index (χ4v) is 4.03. The Morgan fingerprint density at radius 1 is 1.22 bits per heavy atom. The summed E-state index contributed by atoms with van der Waals surface area (Å²) in [6.45, 7) is 7.61. The lowest BCUT2D eigenvalue weighted by molar-refractivity contribution is 0.0730. The Labute approximate surface area is 180 Å². The van der Waals surface area contributed by atoms with Gasteiger partial charge in [-0.2, -0.15) is 4.31 Å². The minimum atomic E-state index is -3.26. The van der Waals surface area contributed by atoms with Crippen molar-refractivity contribution in [3.63, 3.8) is 0 Å². The van der Waals surface area contributed by atoms with Crippen molar-refractivity contribution >= 4 is 40.0 Å². The molecule has 0 bridgehead atoms. The highest BCUT2D eigenvalue weighted by Crippen LogP contribution is 2.14. The summed E-state index contributed by atoms with van der Waals surface area (Å²) < 4.78 is 31.4. The second kappa shape index (κ2) is 12.5. The van der Waals surface area contributed by atoms with E-state index in [0.717, 1.165) is 6.54 Å². The summed E-state index contributed by atoms with van der Waals surface area (Å²) in [6.07, 6.45) is 0. The van der Waals surface area contributed by atoms with E-state index < -0.39 is 10.0 Å². The van der Waals surface area contributed by atoms with Crippen LogP contribution in [0.2, 0.25) is 0 Å². The monoisotopic (exact) mass is 510 g/mol. The summed E-state index contributed by atoms with van der Waals surface area (Å²) in [5.74, 6) is 0.988. The number of hydrogen-bond donors (Lipinski definition) is 2. The van der Waals surface area contributed by atoms with E-state index in [4.69, 9.17) is 4.74 Å². The average Bonchev–Trinajstić information content (AvgIpc) is 2.67. The quantitative estimate of drug-likeness (QED) is 0.316. The first-order valence-corrected chi connectivity index (χ1v) is 10.8. The van der Waals surface area contributed by atoms with Gasteiger partial charge in [-0.3, -0.25) is 4.99 Å². The molecule has 9 heteroatoms. The Morgan fingerprint density at radius 3 is 2.52 bits per heavy atom. The van der Waals surface area contributed by atoms with E-state index in [1.165, 1.54) is 9.87 Å². The van der Waals surface area contributed by atoms with E-state index >= 15 is 0 Å². The molecular formula is C18H31IN4O3S. The third-order valence-corrected chi connectivity index (χ3v) is 6.12. The Hall–Kier alpha value is -0.910. The van der Waals surface area contributed by atoms with E-state index in [-0.39, 0.29) is 29.7 Å². The van der Waals surface area contributed by atoms with Gasteiger partial charge in [0.15, 0.2) is 5.96 Å². The molecule has 7 nitrogen and oxygen atoms in total. The zero-order chi connectivity index (χ0) is 18.8. The van der Waals surface area contributed by atoms with Crippen LogP contribution in [0.4, 0.5) is 0 Å². The third kappa shape index (κ3) is 8.32. The van der Waals surface area contributed by atoms with Crippen LogP contribution in [0.3, 0.4) is 0 Å². The minimum absolute atomic E-state index is 0. The van der Waals surface area contributed by atoms with Crippen LogP contribution in [0.25, 0.3) is 0 Å². The molecule has 0 aromatic heterocycles. The molecule has 1 unspecified atom stereocenters. The number of guanidine groups is 1. The summed E-state index contributed by atoms with van der Waals surface area (Å²) in [4.78, 5) is 4.59. The zero-order valence-corrected chi connectivity index (χ0v) is 19.2. The molecule has 1 atom stereocenters. The topological polar surface area (TPSA) is 83.0 Å². The molecule has 0 spiro atoms. The SMILES string of the molecule is CCNC(=NCC(C)c1ccccc1)NCCS(=O)(=O)N1CCOCC1.I. The summed E-state index contributed by atoms with van der Waals surface area (Å²) in [5.41, 5.74) is 1.24. The molecule has 1 fully saturated rings. The maximum Gasteiger partial charge on any atom is 0.215 e. The van der Waals surface area contributed by atoms with Gasteiger partial charge in [0.2, 0.25) is 10.0 Å². The highest BCUT2D eigenvalue weighted by Gasteiger charge is 2.23. The predicted molar refractivity (Wildman–Crippen MR) is 120 cm³/mol. The molecule has 27 heavy (non-hydrogen) atoms. The van der Waals surface area contributed by atoms with Gasteiger partial charge < -0.3 is 15.4 Å². The van der Waals surface area contributed by atoms with E-state index in [9.17, 15) is 8.42 Å². The lowest BCUT2D eigenvalue weighted by Gasteiger charge is -2.26. The van der Waals surface area contributed by atoms with Gasteiger partial charge in [-0.05, 0) is 12.5 Å². The van der Waals surface area contributed by atoms with Crippen molar-refractivity contribution in [1.82, 2.24) is 14.9 Å². The Balaban J connectivity index is 0.00000364. The number of rotatable bonds is 8. The first-order valence-electron chi connectivity index (χ1n) is 9.15. The van der Waals surface area contributed by atoms with Gasteiger partial charge in [0.1, 0.15) is 0 Å². The Kier molecular flexibility index (Phi) is 11.2. The number of halogens is 1. The van der Waals surface area contributed by atoms with E-state index in [0.29, 0.717) is 51.3 Å². The highest BCUT2D eigenvalue weighted by molar-refractivity contribution is 14.0. The normalized spacial score (nSPS) is 17.0. The highest BCUT2D eigenvalue weighted by atomic mass is 127. The van der Waals surface area contributed by atoms with Crippen molar-refractivity contribution < 1.29 is 13.2 Å². The molecule has 154 valence electrons. The number of benzene rings is 1. The summed E-state index contributed by atoms with van der Waals surface area (Å²) in [5, 5.41) is 6.29. The minimum Gasteiger partial charge on any atom is -0.379 e. The molecule has 0 aliphatic carbocycles. The van der Waals surface area contributed by atoms with Crippen LogP contribution in [-0.4, -0.2) is 70.4 Å². The zero-order valence-electron chi connectivity index (χ0n) is 16.1. The van der Waals surface area contributed by atoms with Gasteiger partial charge >= 0.3 is 0 Å². The first kappa shape index (κ1) is 24.1. The van der Waals surface area contributed by atoms with Crippen LogP contribution >= 0.6 is 24.0 Å². The van der Waals surface area contributed by atoms with Crippen molar-refractivity contribution in [3.8, 4) is 0 Å². The maximum atomic E-state index is 12.3. The van der Waals surface area contributed by atoms with Crippen LogP contribution in [0.15, 0.2) is 35.3 Å². The van der Waals surface area contributed by atoms with Crippen LogP contribution in [0.5, 0.6) is 0 Å². The lowest BCUT2D eigenvalue weighted by atomic mass is 10.0. The van der Waals surface area contributed by atoms with Gasteiger partial charge in [0, 0.05) is 38.6 Å². The number of morpholine rings is 1. The first-order chi connectivity index (χ1) is 12.5. The molecule has 2 rings (SSSR count). The Bertz CT molecular complexity index is 664. The van der Waals surface area contributed by atoms with Gasteiger partial charge in [-0.15, -0.1) is 24.0 Å². The van der Waals surface area contributed by atoms with Crippen molar-refractivity contribution in [2.45, 2.75) is 19.8 Å². The molecule has 0 saturated carbocycles. The molecular weight excluding hydrogens is 479 g/mol. The van der Waals surface area contributed by atoms with Gasteiger partial charge in [-0.25, -0.2) is 8.42 Å². The van der Waals surface area contributed by atoms with E-state index in [2.05, 4.69) is 34.7 Å². The van der Waals surface area contributed by atoms with Crippen LogP contribution < -0.4 is 10.6 Å². The van der Waals surface area contributed by atoms with Crippen LogP contribution in [-0.2, 0) is 14.8 Å². The molecule has 1 aliphatic rings. The summed E-state index contributed by atoms with van der Waals surface area (Å²) in [6, 6.07) is 10.2. The van der Waals surface area contributed by atoms with E-state index in [1.807, 2.05) is 25.1 Å². The average molecular weight is 510 g/mol. The smallest absolute Gasteiger partial charge is 0.215 e. The second-order valence-corrected chi connectivity index (χ2v) is 8.37. The van der Waals surface area contributed by atoms with E-state index in [1.54, 1.807) is 0 Å². The number of ether oxygens (including phenoxy) is 1. The molecule has 1 aromatic rings. The molecule has 1 heterocycles. The maximum absolute atomic E-state index is 12.3. The predicted octanol–water partition coefficient (Wildman–Crippen LogP) is 1.63. The number of sulfonamides is 1. The van der Waals surface area contributed by atoms with Crippen molar-refractivity contribution in [1.29, 1.82) is 0 Å². The molecule has 0 amide bonds. The summed E-state index contributed by atoms with van der Waals surface area (Å²) in [7, 11) is -3.26. The fourth-order valence-electron chi connectivity index (χ4n) is 2.71. The number of nitrogens with zero attached hydrogens (tertiary/aromatic N) is 2. The number of hydrogen-bond acceptors (Lipinski definition) is 4. The molecule has 1 aliphatic heterocycles.